The summed E-state index contributed by atoms with van der Waals surface area (Å²) < 4.78 is 11.0. The Labute approximate surface area is 187 Å². The van der Waals surface area contributed by atoms with Gasteiger partial charge in [0.1, 0.15) is 23.1 Å². The molecule has 9 heteroatoms. The summed E-state index contributed by atoms with van der Waals surface area (Å²) in [6.07, 6.45) is 0. The van der Waals surface area contributed by atoms with Gasteiger partial charge in [-0.15, -0.1) is 0 Å². The molecule has 3 aromatic carbocycles. The summed E-state index contributed by atoms with van der Waals surface area (Å²) in [6, 6.07) is 19.1. The molecule has 8 nitrogen and oxygen atoms in total. The van der Waals surface area contributed by atoms with Crippen molar-refractivity contribution in [3.05, 3.63) is 110 Å². The minimum atomic E-state index is -0.770. The predicted octanol–water partition coefficient (Wildman–Crippen LogP) is 4.69. The lowest BCUT2D eigenvalue weighted by Crippen LogP contribution is -2.21. The van der Waals surface area contributed by atoms with Crippen molar-refractivity contribution in [3.8, 4) is 17.6 Å². The normalized spacial score (nSPS) is 14.7. The van der Waals surface area contributed by atoms with Crippen molar-refractivity contribution in [1.29, 1.82) is 5.26 Å². The summed E-state index contributed by atoms with van der Waals surface area (Å²) in [7, 11) is 0. The molecule has 1 unspecified atom stereocenters. The van der Waals surface area contributed by atoms with Crippen LogP contribution in [0.15, 0.2) is 78.2 Å². The van der Waals surface area contributed by atoms with Gasteiger partial charge in [-0.1, -0.05) is 41.9 Å². The SMILES string of the molecule is N#CC1=C(N)Oc2cc(OC(=O)c3cccc([N+](=O)[O-])c3)ccc2C1c1ccccc1Cl. The van der Waals surface area contributed by atoms with Crippen LogP contribution in [0, 0.1) is 21.4 Å². The van der Waals surface area contributed by atoms with Crippen LogP contribution >= 0.6 is 11.6 Å². The molecule has 32 heavy (non-hydrogen) atoms. The molecule has 0 saturated heterocycles. The number of fused-ring (bicyclic) bond motifs is 1. The number of hydrogen-bond donors (Lipinski definition) is 1. The molecule has 0 bridgehead atoms. The van der Waals surface area contributed by atoms with Gasteiger partial charge < -0.3 is 15.2 Å². The van der Waals surface area contributed by atoms with E-state index in [9.17, 15) is 20.2 Å². The van der Waals surface area contributed by atoms with Crippen LogP contribution in [0.25, 0.3) is 0 Å². The number of carbonyl (C=O) groups excluding carboxylic acids is 1. The van der Waals surface area contributed by atoms with Gasteiger partial charge in [-0.25, -0.2) is 4.79 Å². The highest BCUT2D eigenvalue weighted by Gasteiger charge is 2.32. The first-order valence-corrected chi connectivity index (χ1v) is 9.69. The van der Waals surface area contributed by atoms with E-state index in [1.807, 2.05) is 0 Å². The molecule has 0 spiro atoms. The first-order chi connectivity index (χ1) is 15.4. The highest BCUT2D eigenvalue weighted by molar-refractivity contribution is 6.31. The number of nitro benzene ring substituents is 1. The Morgan fingerprint density at radius 1 is 1.12 bits per heavy atom. The average molecular weight is 448 g/mol. The summed E-state index contributed by atoms with van der Waals surface area (Å²) in [5.41, 5.74) is 7.31. The lowest BCUT2D eigenvalue weighted by molar-refractivity contribution is -0.384. The maximum absolute atomic E-state index is 12.5. The largest absolute Gasteiger partial charge is 0.440 e. The van der Waals surface area contributed by atoms with Crippen LogP contribution in [0.1, 0.15) is 27.4 Å². The van der Waals surface area contributed by atoms with E-state index in [2.05, 4.69) is 6.07 Å². The van der Waals surface area contributed by atoms with E-state index in [4.69, 9.17) is 26.8 Å². The third kappa shape index (κ3) is 3.85. The van der Waals surface area contributed by atoms with E-state index in [-0.39, 0.29) is 28.5 Å². The molecule has 0 aromatic heterocycles. The smallest absolute Gasteiger partial charge is 0.343 e. The molecule has 0 amide bonds. The first kappa shape index (κ1) is 20.9. The average Bonchev–Trinajstić information content (AvgIpc) is 2.78. The van der Waals surface area contributed by atoms with Crippen molar-refractivity contribution in [2.45, 2.75) is 5.92 Å². The Kier molecular flexibility index (Phi) is 5.50. The molecular formula is C23H14ClN3O5. The van der Waals surface area contributed by atoms with Crippen molar-refractivity contribution in [3.63, 3.8) is 0 Å². The monoisotopic (exact) mass is 447 g/mol. The van der Waals surface area contributed by atoms with Crippen molar-refractivity contribution in [2.24, 2.45) is 5.73 Å². The van der Waals surface area contributed by atoms with Gasteiger partial charge in [0.25, 0.3) is 5.69 Å². The third-order valence-corrected chi connectivity index (χ3v) is 5.25. The van der Waals surface area contributed by atoms with Crippen molar-refractivity contribution >= 4 is 23.3 Å². The molecule has 0 radical (unpaired) electrons. The summed E-state index contributed by atoms with van der Waals surface area (Å²) in [5, 5.41) is 21.0. The van der Waals surface area contributed by atoms with Gasteiger partial charge in [-0.05, 0) is 23.8 Å². The number of ether oxygens (including phenoxy) is 2. The van der Waals surface area contributed by atoms with E-state index < -0.39 is 16.8 Å². The number of nitriles is 1. The number of nitrogens with two attached hydrogens (primary N) is 1. The van der Waals surface area contributed by atoms with Crippen LogP contribution in [0.2, 0.25) is 5.02 Å². The van der Waals surface area contributed by atoms with Crippen LogP contribution in [0.4, 0.5) is 5.69 Å². The van der Waals surface area contributed by atoms with Gasteiger partial charge in [-0.3, -0.25) is 10.1 Å². The van der Waals surface area contributed by atoms with E-state index in [0.29, 0.717) is 21.9 Å². The third-order valence-electron chi connectivity index (χ3n) is 4.91. The number of nitro groups is 1. The maximum Gasteiger partial charge on any atom is 0.343 e. The number of non-ortho nitro benzene ring substituents is 1. The molecule has 4 rings (SSSR count). The van der Waals surface area contributed by atoms with Crippen LogP contribution < -0.4 is 15.2 Å². The van der Waals surface area contributed by atoms with Crippen molar-refractivity contribution in [2.75, 3.05) is 0 Å². The first-order valence-electron chi connectivity index (χ1n) is 9.31. The number of hydrogen-bond acceptors (Lipinski definition) is 7. The fourth-order valence-electron chi connectivity index (χ4n) is 3.44. The quantitative estimate of drug-likeness (QED) is 0.266. The van der Waals surface area contributed by atoms with E-state index in [0.717, 1.165) is 6.07 Å². The van der Waals surface area contributed by atoms with Gasteiger partial charge in [0, 0.05) is 28.8 Å². The molecular weight excluding hydrogens is 434 g/mol. The van der Waals surface area contributed by atoms with E-state index in [1.54, 1.807) is 30.3 Å². The number of halogens is 1. The second kappa shape index (κ2) is 8.41. The zero-order valence-electron chi connectivity index (χ0n) is 16.3. The summed E-state index contributed by atoms with van der Waals surface area (Å²) >= 11 is 6.37. The lowest BCUT2D eigenvalue weighted by atomic mass is 9.83. The number of benzene rings is 3. The minimum absolute atomic E-state index is 0.0259. The van der Waals surface area contributed by atoms with Crippen LogP contribution in [-0.2, 0) is 0 Å². The van der Waals surface area contributed by atoms with Crippen molar-refractivity contribution < 1.29 is 19.2 Å². The minimum Gasteiger partial charge on any atom is -0.440 e. The summed E-state index contributed by atoms with van der Waals surface area (Å²) in [4.78, 5) is 22.8. The molecule has 1 aliphatic heterocycles. The molecule has 158 valence electrons. The molecule has 0 fully saturated rings. The lowest BCUT2D eigenvalue weighted by Gasteiger charge is -2.27. The van der Waals surface area contributed by atoms with Crippen LogP contribution in [0.5, 0.6) is 11.5 Å². The van der Waals surface area contributed by atoms with Crippen LogP contribution in [-0.4, -0.2) is 10.9 Å². The number of nitrogens with zero attached hydrogens (tertiary/aromatic N) is 2. The molecule has 0 aliphatic carbocycles. The Bertz CT molecular complexity index is 1330. The van der Waals surface area contributed by atoms with Gasteiger partial charge >= 0.3 is 5.97 Å². The number of rotatable bonds is 4. The Hall–Kier alpha value is -4.35. The highest BCUT2D eigenvalue weighted by atomic mass is 35.5. The fourth-order valence-corrected chi connectivity index (χ4v) is 3.69. The van der Waals surface area contributed by atoms with E-state index in [1.165, 1.54) is 30.3 Å². The Balaban J connectivity index is 1.69. The fraction of sp³-hybridized carbons (Fsp3) is 0.0435. The second-order valence-corrected chi connectivity index (χ2v) is 7.25. The highest BCUT2D eigenvalue weighted by Crippen LogP contribution is 2.45. The molecule has 3 aromatic rings. The number of carbonyl (C=O) groups is 1. The van der Waals surface area contributed by atoms with Gasteiger partial charge in [0.2, 0.25) is 5.88 Å². The summed E-state index contributed by atoms with van der Waals surface area (Å²) in [6.45, 7) is 0. The zero-order valence-corrected chi connectivity index (χ0v) is 17.1. The standard InChI is InChI=1S/C23H14ClN3O5/c24-19-7-2-1-6-16(19)21-17-9-8-15(11-20(17)32-22(26)18(21)12-25)31-23(28)13-4-3-5-14(10-13)27(29)30/h1-11,21H,26H2. The number of allylic oxidation sites excluding steroid dienone is 1. The van der Waals surface area contributed by atoms with Crippen LogP contribution in [0.3, 0.4) is 0 Å². The molecule has 1 aliphatic rings. The molecule has 0 saturated carbocycles. The topological polar surface area (TPSA) is 128 Å². The second-order valence-electron chi connectivity index (χ2n) is 6.84. The molecule has 2 N–H and O–H groups in total. The maximum atomic E-state index is 12.5. The molecule has 1 atom stereocenters. The summed E-state index contributed by atoms with van der Waals surface area (Å²) in [5.74, 6) is -0.957. The number of esters is 1. The van der Waals surface area contributed by atoms with Gasteiger partial charge in [0.15, 0.2) is 0 Å². The van der Waals surface area contributed by atoms with Gasteiger partial charge in [-0.2, -0.15) is 5.26 Å². The van der Waals surface area contributed by atoms with Gasteiger partial charge in [0.05, 0.1) is 16.4 Å². The zero-order chi connectivity index (χ0) is 22.8. The van der Waals surface area contributed by atoms with E-state index >= 15 is 0 Å². The predicted molar refractivity (Wildman–Crippen MR) is 115 cm³/mol. The Morgan fingerprint density at radius 2 is 1.91 bits per heavy atom. The molecule has 1 heterocycles. The van der Waals surface area contributed by atoms with Crippen molar-refractivity contribution in [1.82, 2.24) is 0 Å². The Morgan fingerprint density at radius 3 is 2.62 bits per heavy atom.